The standard InChI is InChI=1S/C19H27NO5/c1-3-24-19(23)15-7-6-10-20(11-15)12-16(22)13-25-18-9-5-4-8-17(18)14(2)21/h4-5,8-9,15-16,22H,3,6-7,10-13H2,1-2H3/t15-,16-/m0/s1. The highest BCUT2D eigenvalue weighted by atomic mass is 16.5. The van der Waals surface area contributed by atoms with Gasteiger partial charge in [0.1, 0.15) is 18.5 Å². The average molecular weight is 349 g/mol. The van der Waals surface area contributed by atoms with E-state index in [1.807, 2.05) is 0 Å². The second kappa shape index (κ2) is 9.53. The van der Waals surface area contributed by atoms with Crippen LogP contribution in [0.15, 0.2) is 24.3 Å². The van der Waals surface area contributed by atoms with E-state index in [0.717, 1.165) is 19.4 Å². The third kappa shape index (κ3) is 5.83. The van der Waals surface area contributed by atoms with Crippen molar-refractivity contribution in [2.45, 2.75) is 32.8 Å². The number of nitrogens with zero attached hydrogens (tertiary/aromatic N) is 1. The Morgan fingerprint density at radius 1 is 1.36 bits per heavy atom. The zero-order valence-electron chi connectivity index (χ0n) is 14.9. The van der Waals surface area contributed by atoms with Gasteiger partial charge >= 0.3 is 5.97 Å². The molecule has 25 heavy (non-hydrogen) atoms. The number of carbonyl (C=O) groups is 2. The van der Waals surface area contributed by atoms with Crippen LogP contribution in [0.2, 0.25) is 0 Å². The number of esters is 1. The molecule has 0 bridgehead atoms. The maximum atomic E-state index is 11.9. The van der Waals surface area contributed by atoms with Crippen LogP contribution < -0.4 is 4.74 Å². The Balaban J connectivity index is 1.83. The average Bonchev–Trinajstić information content (AvgIpc) is 2.60. The minimum absolute atomic E-state index is 0.0709. The number of para-hydroxylation sites is 1. The lowest BCUT2D eigenvalue weighted by Gasteiger charge is -2.32. The van der Waals surface area contributed by atoms with Crippen LogP contribution in [0.1, 0.15) is 37.0 Å². The van der Waals surface area contributed by atoms with E-state index in [2.05, 4.69) is 4.90 Å². The van der Waals surface area contributed by atoms with E-state index in [1.54, 1.807) is 31.2 Å². The molecule has 2 atom stereocenters. The normalized spacial score (nSPS) is 19.2. The van der Waals surface area contributed by atoms with Crippen molar-refractivity contribution >= 4 is 11.8 Å². The summed E-state index contributed by atoms with van der Waals surface area (Å²) in [5.74, 6) is 0.129. The molecule has 1 aromatic rings. The van der Waals surface area contributed by atoms with Gasteiger partial charge in [-0.25, -0.2) is 0 Å². The van der Waals surface area contributed by atoms with Gasteiger partial charge in [-0.05, 0) is 45.4 Å². The van der Waals surface area contributed by atoms with Crippen molar-refractivity contribution in [1.29, 1.82) is 0 Å². The second-order valence-electron chi connectivity index (χ2n) is 6.37. The Kier molecular flexibility index (Phi) is 7.40. The summed E-state index contributed by atoms with van der Waals surface area (Å²) in [7, 11) is 0. The molecular weight excluding hydrogens is 322 g/mol. The van der Waals surface area contributed by atoms with Crippen LogP contribution in [0.3, 0.4) is 0 Å². The Morgan fingerprint density at radius 3 is 2.84 bits per heavy atom. The molecule has 6 heteroatoms. The molecule has 1 fully saturated rings. The lowest BCUT2D eigenvalue weighted by atomic mass is 9.98. The largest absolute Gasteiger partial charge is 0.490 e. The highest BCUT2D eigenvalue weighted by Gasteiger charge is 2.27. The molecule has 138 valence electrons. The number of carbonyl (C=O) groups excluding carboxylic acids is 2. The van der Waals surface area contributed by atoms with E-state index in [0.29, 0.717) is 31.0 Å². The van der Waals surface area contributed by atoms with Gasteiger partial charge in [-0.1, -0.05) is 12.1 Å². The van der Waals surface area contributed by atoms with Crippen LogP contribution in [0.5, 0.6) is 5.75 Å². The summed E-state index contributed by atoms with van der Waals surface area (Å²) in [5, 5.41) is 10.3. The SMILES string of the molecule is CCOC(=O)[C@H]1CCCN(C[C@H](O)COc2ccccc2C(C)=O)C1. The Morgan fingerprint density at radius 2 is 2.12 bits per heavy atom. The molecule has 0 amide bonds. The molecule has 1 aliphatic heterocycles. The van der Waals surface area contributed by atoms with E-state index in [-0.39, 0.29) is 24.3 Å². The van der Waals surface area contributed by atoms with E-state index in [4.69, 9.17) is 9.47 Å². The van der Waals surface area contributed by atoms with Gasteiger partial charge < -0.3 is 14.6 Å². The van der Waals surface area contributed by atoms with Crippen molar-refractivity contribution < 1.29 is 24.2 Å². The van der Waals surface area contributed by atoms with E-state index < -0.39 is 6.10 Å². The number of ketones is 1. The van der Waals surface area contributed by atoms with Crippen molar-refractivity contribution in [3.05, 3.63) is 29.8 Å². The number of aliphatic hydroxyl groups excluding tert-OH is 1. The maximum absolute atomic E-state index is 11.9. The Bertz CT molecular complexity index is 589. The van der Waals surface area contributed by atoms with Crippen molar-refractivity contribution in [3.63, 3.8) is 0 Å². The minimum atomic E-state index is -0.694. The fourth-order valence-corrected chi connectivity index (χ4v) is 3.09. The van der Waals surface area contributed by atoms with Gasteiger partial charge in [-0.2, -0.15) is 0 Å². The third-order valence-electron chi connectivity index (χ3n) is 4.29. The van der Waals surface area contributed by atoms with Crippen LogP contribution in [-0.2, 0) is 9.53 Å². The van der Waals surface area contributed by atoms with Crippen molar-refractivity contribution in [2.75, 3.05) is 32.8 Å². The van der Waals surface area contributed by atoms with Gasteiger partial charge in [0.2, 0.25) is 0 Å². The first-order valence-electron chi connectivity index (χ1n) is 8.81. The number of hydrogen-bond donors (Lipinski definition) is 1. The van der Waals surface area contributed by atoms with E-state index in [9.17, 15) is 14.7 Å². The van der Waals surface area contributed by atoms with Crippen LogP contribution in [0.4, 0.5) is 0 Å². The summed E-state index contributed by atoms with van der Waals surface area (Å²) >= 11 is 0. The summed E-state index contributed by atoms with van der Waals surface area (Å²) < 4.78 is 10.7. The predicted octanol–water partition coefficient (Wildman–Crippen LogP) is 1.90. The Labute approximate surface area is 148 Å². The molecule has 1 N–H and O–H groups in total. The molecule has 2 rings (SSSR count). The summed E-state index contributed by atoms with van der Waals surface area (Å²) in [6.45, 7) is 5.65. The summed E-state index contributed by atoms with van der Waals surface area (Å²) in [4.78, 5) is 25.5. The van der Waals surface area contributed by atoms with Crippen LogP contribution in [0, 0.1) is 5.92 Å². The number of aliphatic hydroxyl groups is 1. The van der Waals surface area contributed by atoms with Crippen molar-refractivity contribution in [3.8, 4) is 5.75 Å². The predicted molar refractivity (Wildman–Crippen MR) is 93.7 cm³/mol. The molecule has 1 aromatic carbocycles. The zero-order chi connectivity index (χ0) is 18.2. The molecule has 1 saturated heterocycles. The Hall–Kier alpha value is -1.92. The maximum Gasteiger partial charge on any atom is 0.310 e. The van der Waals surface area contributed by atoms with Gasteiger partial charge in [-0.3, -0.25) is 14.5 Å². The zero-order valence-corrected chi connectivity index (χ0v) is 14.9. The van der Waals surface area contributed by atoms with Crippen molar-refractivity contribution in [2.24, 2.45) is 5.92 Å². The smallest absolute Gasteiger partial charge is 0.310 e. The van der Waals surface area contributed by atoms with Gasteiger partial charge in [0, 0.05) is 13.1 Å². The second-order valence-corrected chi connectivity index (χ2v) is 6.37. The first-order chi connectivity index (χ1) is 12.0. The molecule has 6 nitrogen and oxygen atoms in total. The molecule has 0 saturated carbocycles. The number of rotatable bonds is 8. The lowest BCUT2D eigenvalue weighted by molar-refractivity contribution is -0.150. The first-order valence-corrected chi connectivity index (χ1v) is 8.81. The number of β-amino-alcohol motifs (C(OH)–C–C–N with tert-alkyl or cyclic N) is 1. The lowest BCUT2D eigenvalue weighted by Crippen LogP contribution is -2.44. The van der Waals surface area contributed by atoms with Crippen LogP contribution in [-0.4, -0.2) is 60.7 Å². The number of piperidine rings is 1. The monoisotopic (exact) mass is 349 g/mol. The number of likely N-dealkylation sites (tertiary alicyclic amines) is 1. The van der Waals surface area contributed by atoms with Crippen LogP contribution >= 0.6 is 0 Å². The molecule has 1 aliphatic rings. The minimum Gasteiger partial charge on any atom is -0.490 e. The number of benzene rings is 1. The van der Waals surface area contributed by atoms with E-state index >= 15 is 0 Å². The molecular formula is C19H27NO5. The quantitative estimate of drug-likeness (QED) is 0.571. The summed E-state index contributed by atoms with van der Waals surface area (Å²) in [5.41, 5.74) is 0.509. The van der Waals surface area contributed by atoms with Crippen LogP contribution in [0.25, 0.3) is 0 Å². The van der Waals surface area contributed by atoms with E-state index in [1.165, 1.54) is 6.92 Å². The number of Topliss-reactive ketones (excluding diaryl/α,β-unsaturated/α-hetero) is 1. The molecule has 0 spiro atoms. The third-order valence-corrected chi connectivity index (χ3v) is 4.29. The molecule has 0 aromatic heterocycles. The van der Waals surface area contributed by atoms with Gasteiger partial charge in [0.05, 0.1) is 18.1 Å². The number of hydrogen-bond acceptors (Lipinski definition) is 6. The number of ether oxygens (including phenoxy) is 2. The van der Waals surface area contributed by atoms with Gasteiger partial charge in [0.25, 0.3) is 0 Å². The topological polar surface area (TPSA) is 76.1 Å². The summed E-state index contributed by atoms with van der Waals surface area (Å²) in [6, 6.07) is 7.01. The van der Waals surface area contributed by atoms with Gasteiger partial charge in [-0.15, -0.1) is 0 Å². The fraction of sp³-hybridized carbons (Fsp3) is 0.579. The fourth-order valence-electron chi connectivity index (χ4n) is 3.09. The molecule has 0 radical (unpaired) electrons. The van der Waals surface area contributed by atoms with Crippen molar-refractivity contribution in [1.82, 2.24) is 4.90 Å². The highest BCUT2D eigenvalue weighted by Crippen LogP contribution is 2.20. The highest BCUT2D eigenvalue weighted by molar-refractivity contribution is 5.96. The molecule has 0 unspecified atom stereocenters. The summed E-state index contributed by atoms with van der Waals surface area (Å²) in [6.07, 6.45) is 1.04. The first kappa shape index (κ1) is 19.4. The molecule has 0 aliphatic carbocycles. The van der Waals surface area contributed by atoms with Gasteiger partial charge in [0.15, 0.2) is 5.78 Å². The molecule has 1 heterocycles.